The second-order valence-electron chi connectivity index (χ2n) is 8.14. The largest absolute Gasteiger partial charge is 0.372 e. The molecule has 0 saturated carbocycles. The third-order valence-corrected chi connectivity index (χ3v) is 5.72. The Morgan fingerprint density at radius 1 is 1.29 bits per heavy atom. The van der Waals surface area contributed by atoms with Gasteiger partial charge >= 0.3 is 0 Å². The first-order valence-corrected chi connectivity index (χ1v) is 8.94. The molecule has 1 fully saturated rings. The van der Waals surface area contributed by atoms with Gasteiger partial charge in [-0.2, -0.15) is 0 Å². The van der Waals surface area contributed by atoms with Crippen molar-refractivity contribution in [3.05, 3.63) is 53.2 Å². The maximum Gasteiger partial charge on any atom is 0.0760 e. The van der Waals surface area contributed by atoms with Crippen molar-refractivity contribution in [1.29, 1.82) is 0 Å². The third kappa shape index (κ3) is 3.07. The molecule has 126 valence electrons. The minimum Gasteiger partial charge on any atom is -0.372 e. The van der Waals surface area contributed by atoms with Crippen LogP contribution in [0.4, 0.5) is 0 Å². The monoisotopic (exact) mass is 320 g/mol. The summed E-state index contributed by atoms with van der Waals surface area (Å²) in [5.41, 5.74) is 8.04. The van der Waals surface area contributed by atoms with E-state index in [0.29, 0.717) is 0 Å². The Morgan fingerprint density at radius 2 is 2.00 bits per heavy atom. The maximum atomic E-state index is 6.43. The highest BCUT2D eigenvalue weighted by atomic mass is 15.2. The van der Waals surface area contributed by atoms with Gasteiger partial charge in [-0.1, -0.05) is 44.5 Å². The van der Waals surface area contributed by atoms with Crippen LogP contribution in [0.25, 0.3) is 5.57 Å². The van der Waals surface area contributed by atoms with Gasteiger partial charge in [0.05, 0.1) is 13.9 Å². The number of fused-ring (bicyclic) bond motifs is 1. The van der Waals surface area contributed by atoms with E-state index in [1.807, 2.05) is 0 Å². The van der Waals surface area contributed by atoms with Gasteiger partial charge in [0.2, 0.25) is 0 Å². The summed E-state index contributed by atoms with van der Waals surface area (Å²) in [5, 5.41) is 3.54. The lowest BCUT2D eigenvalue weighted by Gasteiger charge is -2.46. The normalized spacial score (nSPS) is 24.2. The lowest BCUT2D eigenvalue weighted by molar-refractivity contribution is 0.177. The zero-order chi connectivity index (χ0) is 17.6. The van der Waals surface area contributed by atoms with Gasteiger partial charge < -0.3 is 10.2 Å². The van der Waals surface area contributed by atoms with Crippen molar-refractivity contribution in [2.24, 2.45) is 0 Å². The number of nitrogens with one attached hydrogen (secondary N) is 1. The number of allylic oxidation sites excluding steroid dienone is 2. The molecule has 3 heteroatoms. The van der Waals surface area contributed by atoms with E-state index in [4.69, 9.17) is 7.85 Å². The predicted molar refractivity (Wildman–Crippen MR) is 104 cm³/mol. The van der Waals surface area contributed by atoms with Gasteiger partial charge in [0.15, 0.2) is 0 Å². The molecule has 1 heterocycles. The Labute approximate surface area is 148 Å². The van der Waals surface area contributed by atoms with Crippen molar-refractivity contribution in [3.63, 3.8) is 0 Å². The van der Waals surface area contributed by atoms with Crippen LogP contribution in [0.5, 0.6) is 0 Å². The fraction of sp³-hybridized carbons (Fsp3) is 0.524. The zero-order valence-corrected chi connectivity index (χ0v) is 15.6. The first kappa shape index (κ1) is 17.4. The van der Waals surface area contributed by atoms with E-state index in [-0.39, 0.29) is 17.4 Å². The van der Waals surface area contributed by atoms with Crippen molar-refractivity contribution in [2.45, 2.75) is 57.9 Å². The smallest absolute Gasteiger partial charge is 0.0760 e. The molecule has 0 amide bonds. The highest BCUT2D eigenvalue weighted by molar-refractivity contribution is 6.15. The summed E-state index contributed by atoms with van der Waals surface area (Å²) in [6, 6.07) is 5.06. The minimum atomic E-state index is -0.273. The van der Waals surface area contributed by atoms with E-state index in [1.54, 1.807) is 0 Å². The molecule has 2 radical (unpaired) electrons. The second-order valence-corrected chi connectivity index (χ2v) is 8.14. The fourth-order valence-electron chi connectivity index (χ4n) is 4.03. The summed E-state index contributed by atoms with van der Waals surface area (Å²) in [5.74, 6) is 0. The van der Waals surface area contributed by atoms with Gasteiger partial charge in [-0.3, -0.25) is 0 Å². The molecule has 2 unspecified atom stereocenters. The minimum absolute atomic E-state index is 0.232. The molecule has 1 aromatic rings. The topological polar surface area (TPSA) is 15.3 Å². The van der Waals surface area contributed by atoms with Crippen LogP contribution in [0, 0.1) is 6.92 Å². The highest BCUT2D eigenvalue weighted by Gasteiger charge is 2.34. The second kappa shape index (κ2) is 6.11. The van der Waals surface area contributed by atoms with Crippen molar-refractivity contribution in [2.75, 3.05) is 13.1 Å². The zero-order valence-electron chi connectivity index (χ0n) is 15.6. The molecule has 2 atom stereocenters. The fourth-order valence-corrected chi connectivity index (χ4v) is 4.03. The van der Waals surface area contributed by atoms with Crippen molar-refractivity contribution >= 4 is 13.4 Å². The quantitative estimate of drug-likeness (QED) is 0.841. The average molecular weight is 320 g/mol. The van der Waals surface area contributed by atoms with Crippen LogP contribution < -0.4 is 5.32 Å². The van der Waals surface area contributed by atoms with Crippen LogP contribution in [-0.2, 0) is 6.42 Å². The Morgan fingerprint density at radius 3 is 2.62 bits per heavy atom. The van der Waals surface area contributed by atoms with Gasteiger partial charge in [0.1, 0.15) is 0 Å². The molecule has 2 aliphatic rings. The SMILES string of the molecule is [B]C(C)(C)C1CN(C(=C)C)CC(c2ccc3c(c2C)CCC3=C)N1. The van der Waals surface area contributed by atoms with E-state index >= 15 is 0 Å². The van der Waals surface area contributed by atoms with Gasteiger partial charge in [0, 0.05) is 24.8 Å². The van der Waals surface area contributed by atoms with Gasteiger partial charge in [-0.05, 0) is 54.5 Å². The summed E-state index contributed by atoms with van der Waals surface area (Å²) in [7, 11) is 6.43. The molecule has 1 aliphatic heterocycles. The van der Waals surface area contributed by atoms with Crippen LogP contribution in [0.1, 0.15) is 55.5 Å². The van der Waals surface area contributed by atoms with Crippen LogP contribution in [-0.4, -0.2) is 31.9 Å². The van der Waals surface area contributed by atoms with Gasteiger partial charge in [-0.15, -0.1) is 0 Å². The van der Waals surface area contributed by atoms with E-state index in [1.165, 1.54) is 27.8 Å². The summed E-state index contributed by atoms with van der Waals surface area (Å²) in [6.45, 7) is 18.8. The van der Waals surface area contributed by atoms with E-state index < -0.39 is 0 Å². The Kier molecular flexibility index (Phi) is 4.42. The molecule has 1 aromatic carbocycles. The van der Waals surface area contributed by atoms with Crippen LogP contribution in [0.15, 0.2) is 31.0 Å². The van der Waals surface area contributed by atoms with Crippen molar-refractivity contribution in [3.8, 4) is 0 Å². The molecule has 1 saturated heterocycles. The number of benzene rings is 1. The lowest BCUT2D eigenvalue weighted by atomic mass is 9.66. The molecule has 2 nitrogen and oxygen atoms in total. The first-order chi connectivity index (χ1) is 11.2. The molecule has 1 aliphatic carbocycles. The van der Waals surface area contributed by atoms with E-state index in [9.17, 15) is 0 Å². The third-order valence-electron chi connectivity index (χ3n) is 5.72. The van der Waals surface area contributed by atoms with Gasteiger partial charge in [0.25, 0.3) is 0 Å². The van der Waals surface area contributed by atoms with E-state index in [0.717, 1.165) is 31.6 Å². The molecular weight excluding hydrogens is 291 g/mol. The summed E-state index contributed by atoms with van der Waals surface area (Å²) >= 11 is 0. The van der Waals surface area contributed by atoms with Crippen molar-refractivity contribution < 1.29 is 0 Å². The molecule has 0 spiro atoms. The number of piperazine rings is 1. The summed E-state index contributed by atoms with van der Waals surface area (Å²) in [6.07, 6.45) is 2.21. The van der Waals surface area contributed by atoms with E-state index in [2.05, 4.69) is 63.2 Å². The maximum absolute atomic E-state index is 6.43. The highest BCUT2D eigenvalue weighted by Crippen LogP contribution is 2.38. The van der Waals surface area contributed by atoms with Crippen LogP contribution in [0.2, 0.25) is 5.31 Å². The number of rotatable bonds is 3. The molecular formula is C21H29BN2. The number of hydrogen-bond donors (Lipinski definition) is 1. The number of hydrogen-bond acceptors (Lipinski definition) is 2. The van der Waals surface area contributed by atoms with Crippen LogP contribution >= 0.6 is 0 Å². The molecule has 3 rings (SSSR count). The van der Waals surface area contributed by atoms with Crippen LogP contribution in [0.3, 0.4) is 0 Å². The Bertz CT molecular complexity index is 684. The molecule has 24 heavy (non-hydrogen) atoms. The molecule has 0 bridgehead atoms. The Balaban J connectivity index is 1.96. The summed E-state index contributed by atoms with van der Waals surface area (Å²) < 4.78 is 0. The van der Waals surface area contributed by atoms with Gasteiger partial charge in [-0.25, -0.2) is 0 Å². The summed E-state index contributed by atoms with van der Waals surface area (Å²) in [4.78, 5) is 2.37. The predicted octanol–water partition coefficient (Wildman–Crippen LogP) is 4.17. The molecule has 1 N–H and O–H groups in total. The first-order valence-electron chi connectivity index (χ1n) is 8.94. The standard InChI is InChI=1S/C21H29BN2/c1-13(2)24-11-19(23-20(12-24)21(5,6)22)18-10-9-16-14(3)7-8-17(16)15(18)4/h9-10,19-20,23H,1,3,7-8,11-12H2,2,4-6H3. The Hall–Kier alpha value is -1.48. The lowest BCUT2D eigenvalue weighted by Crippen LogP contribution is -2.55. The number of nitrogens with zero attached hydrogens (tertiary/aromatic N) is 1. The van der Waals surface area contributed by atoms with Crippen molar-refractivity contribution in [1.82, 2.24) is 10.2 Å². The average Bonchev–Trinajstić information content (AvgIpc) is 2.88. The molecule has 0 aromatic heterocycles.